The zero-order valence-corrected chi connectivity index (χ0v) is 13.6. The van der Waals surface area contributed by atoms with Gasteiger partial charge < -0.3 is 10.6 Å². The predicted molar refractivity (Wildman–Crippen MR) is 83.6 cm³/mol. The van der Waals surface area contributed by atoms with Crippen molar-refractivity contribution in [3.63, 3.8) is 0 Å². The Balaban J connectivity index is 2.88. The van der Waals surface area contributed by atoms with Crippen molar-refractivity contribution in [2.24, 2.45) is 5.92 Å². The van der Waals surface area contributed by atoms with Crippen LogP contribution in [0, 0.1) is 5.92 Å². The number of quaternary nitrogens is 1. The molecule has 2 atom stereocenters. The Bertz CT molecular complexity index is 423. The van der Waals surface area contributed by atoms with Gasteiger partial charge in [0.25, 0.3) is 5.91 Å². The Morgan fingerprint density at radius 3 is 1.90 bits per heavy atom. The van der Waals surface area contributed by atoms with Gasteiger partial charge in [-0.1, -0.05) is 52.0 Å². The summed E-state index contributed by atoms with van der Waals surface area (Å²) in [6, 6.07) is 9.04. The van der Waals surface area contributed by atoms with E-state index in [1.807, 2.05) is 6.92 Å². The third kappa shape index (κ3) is 4.34. The fraction of sp³-hybridized carbons (Fsp3) is 0.588. The SMILES string of the molecule is CNC(=O)[C@H](C)[NH2+][C@@H](c1ccc(C(C)C)cc1)C(C)C. The highest BCUT2D eigenvalue weighted by Gasteiger charge is 2.25. The fourth-order valence-electron chi connectivity index (χ4n) is 2.45. The number of nitrogens with one attached hydrogen (secondary N) is 1. The van der Waals surface area contributed by atoms with E-state index in [0.29, 0.717) is 17.9 Å². The van der Waals surface area contributed by atoms with Crippen molar-refractivity contribution in [2.45, 2.75) is 52.6 Å². The average Bonchev–Trinajstić information content (AvgIpc) is 2.43. The van der Waals surface area contributed by atoms with E-state index in [1.54, 1.807) is 7.05 Å². The minimum atomic E-state index is -0.0721. The maximum Gasteiger partial charge on any atom is 0.277 e. The van der Waals surface area contributed by atoms with Crippen LogP contribution in [0.15, 0.2) is 24.3 Å². The number of hydrogen-bond acceptors (Lipinski definition) is 1. The van der Waals surface area contributed by atoms with Gasteiger partial charge in [0.05, 0.1) is 0 Å². The number of rotatable bonds is 6. The third-order valence-corrected chi connectivity index (χ3v) is 3.86. The molecule has 0 fully saturated rings. The molecule has 112 valence electrons. The molecule has 0 saturated heterocycles. The Kier molecular flexibility index (Phi) is 6.21. The molecule has 3 nitrogen and oxygen atoms in total. The fourth-order valence-corrected chi connectivity index (χ4v) is 2.45. The molecule has 0 unspecified atom stereocenters. The maximum atomic E-state index is 11.7. The van der Waals surface area contributed by atoms with Crippen LogP contribution in [0.2, 0.25) is 0 Å². The number of hydrogen-bond donors (Lipinski definition) is 2. The highest BCUT2D eigenvalue weighted by molar-refractivity contribution is 5.79. The van der Waals surface area contributed by atoms with E-state index >= 15 is 0 Å². The smallest absolute Gasteiger partial charge is 0.277 e. The summed E-state index contributed by atoms with van der Waals surface area (Å²) in [5.74, 6) is 1.11. The quantitative estimate of drug-likeness (QED) is 0.823. The van der Waals surface area contributed by atoms with Crippen LogP contribution in [0.5, 0.6) is 0 Å². The zero-order valence-electron chi connectivity index (χ0n) is 13.6. The summed E-state index contributed by atoms with van der Waals surface area (Å²) in [5, 5.41) is 4.87. The van der Waals surface area contributed by atoms with Crippen LogP contribution >= 0.6 is 0 Å². The van der Waals surface area contributed by atoms with Crippen LogP contribution in [0.3, 0.4) is 0 Å². The van der Waals surface area contributed by atoms with Crippen LogP contribution in [0.1, 0.15) is 57.7 Å². The molecule has 1 rings (SSSR count). The van der Waals surface area contributed by atoms with E-state index in [2.05, 4.69) is 62.6 Å². The molecule has 0 aliphatic heterocycles. The first kappa shape index (κ1) is 16.7. The monoisotopic (exact) mass is 277 g/mol. The summed E-state index contributed by atoms with van der Waals surface area (Å²) in [5.41, 5.74) is 2.65. The van der Waals surface area contributed by atoms with E-state index in [0.717, 1.165) is 0 Å². The van der Waals surface area contributed by atoms with Gasteiger partial charge in [-0.15, -0.1) is 0 Å². The molecule has 0 spiro atoms. The Hall–Kier alpha value is -1.35. The molecule has 3 heteroatoms. The first-order chi connectivity index (χ1) is 9.36. The van der Waals surface area contributed by atoms with Gasteiger partial charge in [0.1, 0.15) is 6.04 Å². The molecule has 0 aliphatic rings. The average molecular weight is 277 g/mol. The van der Waals surface area contributed by atoms with E-state index in [1.165, 1.54) is 11.1 Å². The lowest BCUT2D eigenvalue weighted by atomic mass is 9.93. The summed E-state index contributed by atoms with van der Waals surface area (Å²) in [7, 11) is 1.69. The number of nitrogens with two attached hydrogens (primary N) is 1. The molecule has 1 aromatic carbocycles. The normalized spacial score (nSPS) is 14.4. The van der Waals surface area contributed by atoms with Crippen LogP contribution in [-0.2, 0) is 4.79 Å². The molecule has 0 aromatic heterocycles. The van der Waals surface area contributed by atoms with Gasteiger partial charge >= 0.3 is 0 Å². The van der Waals surface area contributed by atoms with Crippen molar-refractivity contribution in [2.75, 3.05) is 7.05 Å². The lowest BCUT2D eigenvalue weighted by Gasteiger charge is -2.23. The molecule has 1 aromatic rings. The van der Waals surface area contributed by atoms with Crippen molar-refractivity contribution >= 4 is 5.91 Å². The molecule has 0 radical (unpaired) electrons. The first-order valence-electron chi connectivity index (χ1n) is 7.53. The molecule has 0 saturated carbocycles. The van der Waals surface area contributed by atoms with E-state index in [-0.39, 0.29) is 11.9 Å². The predicted octanol–water partition coefficient (Wildman–Crippen LogP) is 2.21. The number of carbonyl (C=O) groups is 1. The third-order valence-electron chi connectivity index (χ3n) is 3.86. The van der Waals surface area contributed by atoms with Gasteiger partial charge in [-0.05, 0) is 18.4 Å². The molecule has 20 heavy (non-hydrogen) atoms. The topological polar surface area (TPSA) is 45.7 Å². The maximum absolute atomic E-state index is 11.7. The summed E-state index contributed by atoms with van der Waals surface area (Å²) in [6.07, 6.45) is 0. The lowest BCUT2D eigenvalue weighted by Crippen LogP contribution is -2.93. The van der Waals surface area contributed by atoms with Gasteiger partial charge in [0.2, 0.25) is 0 Å². The largest absolute Gasteiger partial charge is 0.354 e. The summed E-state index contributed by atoms with van der Waals surface area (Å²) in [4.78, 5) is 11.7. The van der Waals surface area contributed by atoms with Gasteiger partial charge in [0.15, 0.2) is 6.04 Å². The Labute approximate surface area is 123 Å². The van der Waals surface area contributed by atoms with Crippen molar-refractivity contribution in [3.05, 3.63) is 35.4 Å². The number of likely N-dealkylation sites (N-methyl/N-ethyl adjacent to an activating group) is 1. The molecule has 0 heterocycles. The first-order valence-corrected chi connectivity index (χ1v) is 7.53. The van der Waals surface area contributed by atoms with Crippen LogP contribution < -0.4 is 10.6 Å². The van der Waals surface area contributed by atoms with Crippen molar-refractivity contribution in [3.8, 4) is 0 Å². The molecule has 3 N–H and O–H groups in total. The Morgan fingerprint density at radius 2 is 1.50 bits per heavy atom. The highest BCUT2D eigenvalue weighted by atomic mass is 16.2. The zero-order chi connectivity index (χ0) is 15.3. The van der Waals surface area contributed by atoms with Gasteiger partial charge in [-0.25, -0.2) is 0 Å². The molecular weight excluding hydrogens is 248 g/mol. The second-order valence-electron chi connectivity index (χ2n) is 6.19. The minimum absolute atomic E-state index is 0.0721. The van der Waals surface area contributed by atoms with Crippen LogP contribution in [0.4, 0.5) is 0 Å². The van der Waals surface area contributed by atoms with E-state index in [9.17, 15) is 4.79 Å². The van der Waals surface area contributed by atoms with Crippen molar-refractivity contribution in [1.82, 2.24) is 5.32 Å². The van der Waals surface area contributed by atoms with Crippen LogP contribution in [0.25, 0.3) is 0 Å². The molecule has 1 amide bonds. The number of benzene rings is 1. The number of carbonyl (C=O) groups excluding carboxylic acids is 1. The van der Waals surface area contributed by atoms with Crippen molar-refractivity contribution < 1.29 is 10.1 Å². The molecular formula is C17H29N2O+. The number of amides is 1. The van der Waals surface area contributed by atoms with E-state index in [4.69, 9.17) is 0 Å². The van der Waals surface area contributed by atoms with Crippen LogP contribution in [-0.4, -0.2) is 19.0 Å². The standard InChI is InChI=1S/C17H28N2O/c1-11(2)14-7-9-15(10-8-14)16(12(3)4)19-13(5)17(20)18-6/h7-13,16,19H,1-6H3,(H,18,20)/p+1/t13-,16+/m0/s1. The van der Waals surface area contributed by atoms with Gasteiger partial charge in [-0.2, -0.15) is 0 Å². The lowest BCUT2D eigenvalue weighted by molar-refractivity contribution is -0.719. The molecule has 0 bridgehead atoms. The molecule has 0 aliphatic carbocycles. The second-order valence-corrected chi connectivity index (χ2v) is 6.19. The second kappa shape index (κ2) is 7.44. The van der Waals surface area contributed by atoms with Crippen molar-refractivity contribution in [1.29, 1.82) is 0 Å². The summed E-state index contributed by atoms with van der Waals surface area (Å²) in [6.45, 7) is 10.8. The van der Waals surface area contributed by atoms with Gasteiger partial charge in [-0.3, -0.25) is 4.79 Å². The minimum Gasteiger partial charge on any atom is -0.354 e. The highest BCUT2D eigenvalue weighted by Crippen LogP contribution is 2.21. The summed E-state index contributed by atoms with van der Waals surface area (Å²) < 4.78 is 0. The van der Waals surface area contributed by atoms with E-state index < -0.39 is 0 Å². The summed E-state index contributed by atoms with van der Waals surface area (Å²) >= 11 is 0. The Morgan fingerprint density at radius 1 is 1.00 bits per heavy atom. The van der Waals surface area contributed by atoms with Gasteiger partial charge in [0, 0.05) is 18.5 Å².